The monoisotopic (exact) mass is 752 g/mol. The van der Waals surface area contributed by atoms with E-state index in [0.717, 1.165) is 66.7 Å². The molecule has 276 valence electrons. The Labute approximate surface area is 342 Å². The number of nitrogens with zero attached hydrogens (tertiary/aromatic N) is 2. The molecule has 0 aliphatic heterocycles. The fraction of sp³-hybridized carbons (Fsp3) is 0. The molecular weight excluding hydrogens is 717 g/mol. The molecule has 3 heteroatoms. The molecule has 0 aliphatic carbocycles. The number of hydrogen-bond donors (Lipinski definition) is 0. The van der Waals surface area contributed by atoms with Gasteiger partial charge in [-0.15, -0.1) is 0 Å². The Morgan fingerprint density at radius 1 is 0.305 bits per heavy atom. The zero-order chi connectivity index (χ0) is 39.1. The summed E-state index contributed by atoms with van der Waals surface area (Å²) in [5, 5.41) is 3.44. The minimum atomic E-state index is 0.650. The largest absolute Gasteiger partial charge is 0.452 e. The van der Waals surface area contributed by atoms with E-state index in [1.165, 1.54) is 33.0 Å². The molecule has 0 saturated carbocycles. The van der Waals surface area contributed by atoms with Crippen LogP contribution in [0.2, 0.25) is 0 Å². The van der Waals surface area contributed by atoms with Crippen LogP contribution in [0.5, 0.6) is 0 Å². The second-order valence-corrected chi connectivity index (χ2v) is 15.0. The molecule has 0 amide bonds. The Morgan fingerprint density at radius 3 is 1.51 bits per heavy atom. The molecule has 3 nitrogen and oxygen atoms in total. The van der Waals surface area contributed by atoms with E-state index in [9.17, 15) is 0 Å². The van der Waals surface area contributed by atoms with Gasteiger partial charge in [0.2, 0.25) is 0 Å². The molecule has 0 N–H and O–H groups in total. The van der Waals surface area contributed by atoms with E-state index in [2.05, 4.69) is 194 Å². The van der Waals surface area contributed by atoms with Crippen LogP contribution in [-0.4, -0.2) is 9.97 Å². The molecule has 11 aromatic rings. The summed E-state index contributed by atoms with van der Waals surface area (Å²) in [4.78, 5) is 10.5. The van der Waals surface area contributed by atoms with Crippen molar-refractivity contribution in [2.45, 2.75) is 0 Å². The molecule has 11 rings (SSSR count). The van der Waals surface area contributed by atoms with Crippen molar-refractivity contribution in [3.05, 3.63) is 218 Å². The molecule has 0 fully saturated rings. The van der Waals surface area contributed by atoms with Crippen LogP contribution in [0.1, 0.15) is 0 Å². The number of aromatic nitrogens is 2. The van der Waals surface area contributed by atoms with Gasteiger partial charge in [0.15, 0.2) is 11.4 Å². The Bertz CT molecular complexity index is 3320. The summed E-state index contributed by atoms with van der Waals surface area (Å²) in [5.74, 6) is 0.650. The van der Waals surface area contributed by atoms with Gasteiger partial charge < -0.3 is 4.42 Å². The summed E-state index contributed by atoms with van der Waals surface area (Å²) < 4.78 is 6.49. The number of hydrogen-bond acceptors (Lipinski definition) is 3. The quantitative estimate of drug-likeness (QED) is 0.163. The lowest BCUT2D eigenvalue weighted by molar-refractivity contribution is 0.667. The van der Waals surface area contributed by atoms with E-state index in [-0.39, 0.29) is 0 Å². The average molecular weight is 753 g/mol. The van der Waals surface area contributed by atoms with Gasteiger partial charge in [-0.2, -0.15) is 0 Å². The van der Waals surface area contributed by atoms with E-state index in [0.29, 0.717) is 11.4 Å². The third-order valence-corrected chi connectivity index (χ3v) is 11.3. The van der Waals surface area contributed by atoms with Gasteiger partial charge in [0, 0.05) is 16.5 Å². The van der Waals surface area contributed by atoms with Crippen LogP contribution >= 0.6 is 0 Å². The minimum absolute atomic E-state index is 0.650. The number of fused-ring (bicyclic) bond motifs is 4. The first-order valence-corrected chi connectivity index (χ1v) is 20.0. The standard InChI is InChI=1S/C56H36N2O/c1-3-15-37(16-4-1)40-21-12-25-44(32-40)53-55-54(51-28-9-10-30-52(51)59-55)58-56(57-53)45-26-13-23-42(33-45)41-22-11-24-43(31-41)47-34-46(38-17-5-2-6-18-38)35-48(36-47)50-29-14-20-39-19-7-8-27-49(39)50/h1-36H. The highest BCUT2D eigenvalue weighted by Gasteiger charge is 2.19. The summed E-state index contributed by atoms with van der Waals surface area (Å²) in [5.41, 5.74) is 16.5. The zero-order valence-corrected chi connectivity index (χ0v) is 32.1. The van der Waals surface area contributed by atoms with Crippen LogP contribution in [0.3, 0.4) is 0 Å². The van der Waals surface area contributed by atoms with E-state index in [1.807, 2.05) is 24.3 Å². The number of benzene rings is 9. The second kappa shape index (κ2) is 14.6. The van der Waals surface area contributed by atoms with E-state index >= 15 is 0 Å². The van der Waals surface area contributed by atoms with Gasteiger partial charge >= 0.3 is 0 Å². The zero-order valence-electron chi connectivity index (χ0n) is 32.1. The maximum Gasteiger partial charge on any atom is 0.180 e. The highest BCUT2D eigenvalue weighted by molar-refractivity contribution is 6.07. The van der Waals surface area contributed by atoms with Gasteiger partial charge in [-0.25, -0.2) is 9.97 Å². The molecule has 0 radical (unpaired) electrons. The van der Waals surface area contributed by atoms with Gasteiger partial charge in [0.05, 0.1) is 0 Å². The summed E-state index contributed by atoms with van der Waals surface area (Å²) in [6.07, 6.45) is 0. The number of rotatable bonds is 7. The summed E-state index contributed by atoms with van der Waals surface area (Å²) in [6, 6.07) is 77.3. The average Bonchev–Trinajstić information content (AvgIpc) is 3.70. The lowest BCUT2D eigenvalue weighted by atomic mass is 9.90. The minimum Gasteiger partial charge on any atom is -0.452 e. The van der Waals surface area contributed by atoms with Crippen molar-refractivity contribution in [3.8, 4) is 78.3 Å². The van der Waals surface area contributed by atoms with Gasteiger partial charge in [-0.3, -0.25) is 0 Å². The van der Waals surface area contributed by atoms with Crippen LogP contribution in [0.15, 0.2) is 223 Å². The summed E-state index contributed by atoms with van der Waals surface area (Å²) >= 11 is 0. The third kappa shape index (κ3) is 6.45. The topological polar surface area (TPSA) is 38.9 Å². The van der Waals surface area contributed by atoms with Crippen molar-refractivity contribution < 1.29 is 4.42 Å². The van der Waals surface area contributed by atoms with Crippen molar-refractivity contribution in [2.75, 3.05) is 0 Å². The molecule has 2 aromatic heterocycles. The van der Waals surface area contributed by atoms with E-state index in [1.54, 1.807) is 0 Å². The Kier molecular flexibility index (Phi) is 8.49. The number of para-hydroxylation sites is 1. The van der Waals surface area contributed by atoms with Gasteiger partial charge in [-0.05, 0) is 115 Å². The molecule has 59 heavy (non-hydrogen) atoms. The summed E-state index contributed by atoms with van der Waals surface area (Å²) in [7, 11) is 0. The molecule has 0 atom stereocenters. The summed E-state index contributed by atoms with van der Waals surface area (Å²) in [6.45, 7) is 0. The first-order valence-electron chi connectivity index (χ1n) is 20.0. The van der Waals surface area contributed by atoms with Crippen LogP contribution in [0.25, 0.3) is 111 Å². The maximum atomic E-state index is 6.49. The van der Waals surface area contributed by atoms with Crippen molar-refractivity contribution in [3.63, 3.8) is 0 Å². The predicted molar refractivity (Wildman–Crippen MR) is 245 cm³/mol. The SMILES string of the molecule is c1ccc(-c2cc(-c3cccc(-c4cccc(-c5nc(-c6cccc(-c7ccccc7)c6)c6oc7ccccc7c6n5)c4)c3)cc(-c3cccc4ccccc34)c2)cc1. The lowest BCUT2D eigenvalue weighted by Crippen LogP contribution is -1.94. The van der Waals surface area contributed by atoms with Crippen molar-refractivity contribution in [1.82, 2.24) is 9.97 Å². The first-order chi connectivity index (χ1) is 29.2. The molecule has 2 heterocycles. The molecule has 0 bridgehead atoms. The van der Waals surface area contributed by atoms with Crippen LogP contribution < -0.4 is 0 Å². The molecule has 0 aliphatic rings. The van der Waals surface area contributed by atoms with Crippen molar-refractivity contribution in [2.24, 2.45) is 0 Å². The van der Waals surface area contributed by atoms with Crippen LogP contribution in [0.4, 0.5) is 0 Å². The van der Waals surface area contributed by atoms with E-state index < -0.39 is 0 Å². The lowest BCUT2D eigenvalue weighted by Gasteiger charge is -2.14. The van der Waals surface area contributed by atoms with Crippen molar-refractivity contribution in [1.29, 1.82) is 0 Å². The van der Waals surface area contributed by atoms with Gasteiger partial charge in [-0.1, -0.05) is 170 Å². The maximum absolute atomic E-state index is 6.49. The molecule has 9 aromatic carbocycles. The Balaban J connectivity index is 1.03. The molecule has 0 spiro atoms. The van der Waals surface area contributed by atoms with Crippen molar-refractivity contribution >= 4 is 32.8 Å². The van der Waals surface area contributed by atoms with Gasteiger partial charge in [0.25, 0.3) is 0 Å². The fourth-order valence-corrected chi connectivity index (χ4v) is 8.33. The molecule has 0 saturated heterocycles. The first kappa shape index (κ1) is 34.4. The van der Waals surface area contributed by atoms with Gasteiger partial charge in [0.1, 0.15) is 16.8 Å². The second-order valence-electron chi connectivity index (χ2n) is 15.0. The van der Waals surface area contributed by atoms with E-state index in [4.69, 9.17) is 14.4 Å². The normalized spacial score (nSPS) is 11.4. The predicted octanol–water partition coefficient (Wildman–Crippen LogP) is 15.2. The fourth-order valence-electron chi connectivity index (χ4n) is 8.33. The smallest absolute Gasteiger partial charge is 0.180 e. The molecular formula is C56H36N2O. The van der Waals surface area contributed by atoms with Crippen LogP contribution in [0, 0.1) is 0 Å². The molecule has 0 unspecified atom stereocenters. The number of furan rings is 1. The highest BCUT2D eigenvalue weighted by atomic mass is 16.3. The van der Waals surface area contributed by atoms with Crippen LogP contribution in [-0.2, 0) is 0 Å². The third-order valence-electron chi connectivity index (χ3n) is 11.3. The Hall–Kier alpha value is -7.88. The Morgan fingerprint density at radius 2 is 0.763 bits per heavy atom. The highest BCUT2D eigenvalue weighted by Crippen LogP contribution is 2.39.